The first-order chi connectivity index (χ1) is 11.3. The van der Waals surface area contributed by atoms with Crippen LogP contribution in [0.5, 0.6) is 5.75 Å². The number of hydrogen-bond acceptors (Lipinski definition) is 5. The van der Waals surface area contributed by atoms with Crippen LogP contribution < -0.4 is 10.3 Å². The molecule has 0 aromatic carbocycles. The Balaban J connectivity index is 1.82. The molecule has 0 saturated heterocycles. The Hall–Kier alpha value is -1.82. The predicted molar refractivity (Wildman–Crippen MR) is 82.0 cm³/mol. The largest absolute Gasteiger partial charge is 0.496 e. The molecule has 2 heterocycles. The average Bonchev–Trinajstić information content (AvgIpc) is 2.94. The minimum atomic E-state index is -2.52. The van der Waals surface area contributed by atoms with E-state index < -0.39 is 7.04 Å². The Kier molecular flexibility index (Phi) is 3.04. The standard InChI is InChI=1S/C15H17N3O2S/c1-9-11(13(20-2)6-7-16-9)8-21-15-17-12-5-3-4-10(12)14(19)18-15/h6-7H,3-5,8H2,1-2H3,(H,17,18,19)/i2D3. The normalized spacial score (nSPS) is 16.0. The van der Waals surface area contributed by atoms with Crippen molar-refractivity contribution in [3.8, 4) is 5.75 Å². The fourth-order valence-corrected chi connectivity index (χ4v) is 3.44. The molecule has 2 aromatic heterocycles. The molecule has 1 aliphatic rings. The molecular weight excluding hydrogens is 286 g/mol. The smallest absolute Gasteiger partial charge is 0.254 e. The lowest BCUT2D eigenvalue weighted by Gasteiger charge is -2.10. The summed E-state index contributed by atoms with van der Waals surface area (Å²) in [5.41, 5.74) is 2.93. The highest BCUT2D eigenvalue weighted by atomic mass is 32.2. The van der Waals surface area contributed by atoms with E-state index in [1.165, 1.54) is 24.0 Å². The van der Waals surface area contributed by atoms with Crippen molar-refractivity contribution in [3.63, 3.8) is 0 Å². The van der Waals surface area contributed by atoms with Gasteiger partial charge in [-0.25, -0.2) is 4.98 Å². The molecule has 1 aliphatic carbocycles. The number of aromatic amines is 1. The Morgan fingerprint density at radius 3 is 3.29 bits per heavy atom. The summed E-state index contributed by atoms with van der Waals surface area (Å²) in [6.45, 7) is 1.79. The molecule has 0 unspecified atom stereocenters. The fraction of sp³-hybridized carbons (Fsp3) is 0.400. The van der Waals surface area contributed by atoms with E-state index in [4.69, 9.17) is 8.85 Å². The molecule has 0 aliphatic heterocycles. The molecule has 0 fully saturated rings. The Bertz CT molecular complexity index is 821. The molecule has 110 valence electrons. The minimum absolute atomic E-state index is 0.0816. The summed E-state index contributed by atoms with van der Waals surface area (Å²) < 4.78 is 26.9. The SMILES string of the molecule is [2H]C([2H])([2H])Oc1ccnc(C)c1CSc1nc2c(c(=O)[nH]1)CCC2. The highest BCUT2D eigenvalue weighted by Gasteiger charge is 2.17. The molecule has 1 N–H and O–H groups in total. The molecule has 0 radical (unpaired) electrons. The van der Waals surface area contributed by atoms with Crippen molar-refractivity contribution >= 4 is 11.8 Å². The molecule has 0 bridgehead atoms. The van der Waals surface area contributed by atoms with E-state index in [1.54, 1.807) is 6.92 Å². The zero-order chi connectivity index (χ0) is 17.3. The lowest BCUT2D eigenvalue weighted by atomic mass is 10.2. The number of nitrogens with zero attached hydrogens (tertiary/aromatic N) is 2. The summed E-state index contributed by atoms with van der Waals surface area (Å²) in [5.74, 6) is 0.686. The summed E-state index contributed by atoms with van der Waals surface area (Å²) >= 11 is 1.34. The maximum atomic E-state index is 12.0. The molecule has 0 amide bonds. The number of nitrogens with one attached hydrogen (secondary N) is 1. The molecule has 0 saturated carbocycles. The third-order valence-corrected chi connectivity index (χ3v) is 4.51. The van der Waals surface area contributed by atoms with Crippen molar-refractivity contribution in [2.45, 2.75) is 37.1 Å². The van der Waals surface area contributed by atoms with Crippen LogP contribution in [-0.2, 0) is 18.6 Å². The fourth-order valence-electron chi connectivity index (χ4n) is 2.47. The number of aryl methyl sites for hydroxylation is 2. The van der Waals surface area contributed by atoms with Gasteiger partial charge in [-0.2, -0.15) is 0 Å². The number of ether oxygens (including phenoxy) is 1. The van der Waals surface area contributed by atoms with Crippen LogP contribution >= 0.6 is 11.8 Å². The van der Waals surface area contributed by atoms with E-state index in [2.05, 4.69) is 15.0 Å². The second-order valence-corrected chi connectivity index (χ2v) is 5.88. The van der Waals surface area contributed by atoms with E-state index in [0.29, 0.717) is 22.2 Å². The van der Waals surface area contributed by atoms with Gasteiger partial charge in [0, 0.05) is 28.8 Å². The van der Waals surface area contributed by atoms with Gasteiger partial charge >= 0.3 is 0 Å². The van der Waals surface area contributed by atoms with Crippen LogP contribution in [0.2, 0.25) is 0 Å². The zero-order valence-electron chi connectivity index (χ0n) is 14.6. The number of rotatable bonds is 4. The predicted octanol–water partition coefficient (Wildman–Crippen LogP) is 2.26. The van der Waals surface area contributed by atoms with Gasteiger partial charge in [0.25, 0.3) is 5.56 Å². The topological polar surface area (TPSA) is 67.9 Å². The highest BCUT2D eigenvalue weighted by Crippen LogP contribution is 2.28. The number of aromatic nitrogens is 3. The number of thioether (sulfide) groups is 1. The summed E-state index contributed by atoms with van der Waals surface area (Å²) in [4.78, 5) is 23.5. The van der Waals surface area contributed by atoms with Crippen LogP contribution in [0.1, 0.15) is 33.0 Å². The van der Waals surface area contributed by atoms with Crippen molar-refractivity contribution in [1.29, 1.82) is 0 Å². The van der Waals surface area contributed by atoms with E-state index in [-0.39, 0.29) is 11.3 Å². The van der Waals surface area contributed by atoms with Crippen molar-refractivity contribution in [2.24, 2.45) is 0 Å². The van der Waals surface area contributed by atoms with Crippen molar-refractivity contribution in [2.75, 3.05) is 7.04 Å². The van der Waals surface area contributed by atoms with Gasteiger partial charge in [-0.1, -0.05) is 11.8 Å². The second kappa shape index (κ2) is 5.89. The summed E-state index contributed by atoms with van der Waals surface area (Å²) in [6.07, 6.45) is 4.07. The third-order valence-electron chi connectivity index (χ3n) is 3.61. The van der Waals surface area contributed by atoms with Crippen LogP contribution in [0.3, 0.4) is 0 Å². The van der Waals surface area contributed by atoms with E-state index in [1.807, 2.05) is 0 Å². The van der Waals surface area contributed by atoms with Gasteiger partial charge in [-0.3, -0.25) is 9.78 Å². The molecule has 0 spiro atoms. The zero-order valence-corrected chi connectivity index (χ0v) is 12.4. The quantitative estimate of drug-likeness (QED) is 0.693. The Morgan fingerprint density at radius 1 is 1.52 bits per heavy atom. The van der Waals surface area contributed by atoms with E-state index in [9.17, 15) is 4.79 Å². The third kappa shape index (κ3) is 2.81. The van der Waals surface area contributed by atoms with Crippen molar-refractivity contribution in [3.05, 3.63) is 45.1 Å². The van der Waals surface area contributed by atoms with Crippen LogP contribution in [-0.4, -0.2) is 22.0 Å². The first-order valence-corrected chi connectivity index (χ1v) is 7.70. The molecule has 21 heavy (non-hydrogen) atoms. The Morgan fingerprint density at radius 2 is 2.43 bits per heavy atom. The van der Waals surface area contributed by atoms with Crippen LogP contribution in [0, 0.1) is 6.92 Å². The number of pyridine rings is 1. The lowest BCUT2D eigenvalue weighted by molar-refractivity contribution is 0.410. The van der Waals surface area contributed by atoms with Gasteiger partial charge < -0.3 is 9.72 Å². The number of methoxy groups -OCH3 is 1. The number of fused-ring (bicyclic) bond motifs is 1. The number of hydrogen-bond donors (Lipinski definition) is 1. The van der Waals surface area contributed by atoms with Gasteiger partial charge in [0.2, 0.25) is 0 Å². The van der Waals surface area contributed by atoms with Gasteiger partial charge in [0.15, 0.2) is 5.16 Å². The minimum Gasteiger partial charge on any atom is -0.496 e. The van der Waals surface area contributed by atoms with Crippen molar-refractivity contribution < 1.29 is 8.85 Å². The maximum absolute atomic E-state index is 12.0. The molecule has 0 atom stereocenters. The van der Waals surface area contributed by atoms with E-state index >= 15 is 0 Å². The first-order valence-electron chi connectivity index (χ1n) is 8.22. The second-order valence-electron chi connectivity index (χ2n) is 4.91. The molecule has 6 heteroatoms. The maximum Gasteiger partial charge on any atom is 0.254 e. The van der Waals surface area contributed by atoms with Crippen molar-refractivity contribution in [1.82, 2.24) is 15.0 Å². The number of H-pyrrole nitrogens is 1. The molecule has 2 aromatic rings. The molecular formula is C15H17N3O2S. The summed E-state index contributed by atoms with van der Waals surface area (Å²) in [6, 6.07) is 1.54. The molecule has 3 rings (SSSR count). The Labute approximate surface area is 131 Å². The van der Waals surface area contributed by atoms with Crippen LogP contribution in [0.4, 0.5) is 0 Å². The average molecular weight is 306 g/mol. The van der Waals surface area contributed by atoms with Gasteiger partial charge in [0.1, 0.15) is 5.75 Å². The summed E-state index contributed by atoms with van der Waals surface area (Å²) in [7, 11) is -2.52. The van der Waals surface area contributed by atoms with Gasteiger partial charge in [-0.15, -0.1) is 0 Å². The molecule has 5 nitrogen and oxygen atoms in total. The summed E-state index contributed by atoms with van der Waals surface area (Å²) in [5, 5.41) is 0.531. The van der Waals surface area contributed by atoms with Crippen LogP contribution in [0.25, 0.3) is 0 Å². The monoisotopic (exact) mass is 306 g/mol. The van der Waals surface area contributed by atoms with Crippen LogP contribution in [0.15, 0.2) is 22.2 Å². The van der Waals surface area contributed by atoms with Gasteiger partial charge in [-0.05, 0) is 32.3 Å². The lowest BCUT2D eigenvalue weighted by Crippen LogP contribution is -2.15. The van der Waals surface area contributed by atoms with Gasteiger partial charge in [0.05, 0.1) is 16.8 Å². The first kappa shape index (κ1) is 10.8. The highest BCUT2D eigenvalue weighted by molar-refractivity contribution is 7.98. The van der Waals surface area contributed by atoms with E-state index in [0.717, 1.165) is 30.5 Å².